The number of rotatable bonds is 3. The maximum Gasteiger partial charge on any atom is 0.0568 e. The Kier molecular flexibility index (Phi) is 2.90. The molecule has 3 heteroatoms. The van der Waals surface area contributed by atoms with Crippen molar-refractivity contribution in [2.45, 2.75) is 26.2 Å². The minimum absolute atomic E-state index is 0. The minimum atomic E-state index is 0. The number of hydrogen-bond donors (Lipinski definition) is 1. The SMILES string of the molecule is CCC(C)c1c[nH]c2ccc(-c3cnn(C)c3)cc12.[HH]. The van der Waals surface area contributed by atoms with Gasteiger partial charge in [-0.3, -0.25) is 4.68 Å². The zero-order chi connectivity index (χ0) is 13.4. The highest BCUT2D eigenvalue weighted by atomic mass is 15.2. The lowest BCUT2D eigenvalue weighted by molar-refractivity contribution is 0.739. The molecule has 0 aliphatic carbocycles. The van der Waals surface area contributed by atoms with Crippen molar-refractivity contribution in [1.82, 2.24) is 14.8 Å². The van der Waals surface area contributed by atoms with Crippen LogP contribution in [0.5, 0.6) is 0 Å². The number of hydrogen-bond acceptors (Lipinski definition) is 1. The largest absolute Gasteiger partial charge is 0.361 e. The Morgan fingerprint density at radius 2 is 2.21 bits per heavy atom. The summed E-state index contributed by atoms with van der Waals surface area (Å²) in [4.78, 5) is 3.37. The van der Waals surface area contributed by atoms with Gasteiger partial charge in [0.2, 0.25) is 0 Å². The van der Waals surface area contributed by atoms with Gasteiger partial charge in [0.15, 0.2) is 0 Å². The standard InChI is InChI=1S/C16H19N3.H2/c1-4-11(2)15-9-17-16-6-5-12(7-14(15)16)13-8-18-19(3)10-13;/h5-11,17H,4H2,1-3H3;1H. The molecule has 3 rings (SSSR count). The second kappa shape index (κ2) is 4.57. The van der Waals surface area contributed by atoms with Crippen molar-refractivity contribution < 1.29 is 1.43 Å². The Hall–Kier alpha value is -2.03. The Balaban J connectivity index is 0.00000147. The fraction of sp³-hybridized carbons (Fsp3) is 0.312. The van der Waals surface area contributed by atoms with Gasteiger partial charge in [0.05, 0.1) is 6.20 Å². The van der Waals surface area contributed by atoms with Crippen molar-refractivity contribution in [2.24, 2.45) is 7.05 Å². The van der Waals surface area contributed by atoms with Crippen LogP contribution >= 0.6 is 0 Å². The van der Waals surface area contributed by atoms with Crippen molar-refractivity contribution in [1.29, 1.82) is 0 Å². The van der Waals surface area contributed by atoms with Crippen LogP contribution in [0.25, 0.3) is 22.0 Å². The Labute approximate surface area is 114 Å². The van der Waals surface area contributed by atoms with Crippen molar-refractivity contribution >= 4 is 10.9 Å². The molecule has 0 aliphatic rings. The number of benzene rings is 1. The molecule has 0 saturated heterocycles. The second-order valence-corrected chi connectivity index (χ2v) is 5.22. The van der Waals surface area contributed by atoms with E-state index in [4.69, 9.17) is 0 Å². The van der Waals surface area contributed by atoms with E-state index in [9.17, 15) is 0 Å². The first-order valence-corrected chi connectivity index (χ1v) is 6.79. The minimum Gasteiger partial charge on any atom is -0.361 e. The molecule has 0 aliphatic heterocycles. The lowest BCUT2D eigenvalue weighted by atomic mass is 9.96. The maximum atomic E-state index is 4.24. The third kappa shape index (κ3) is 2.05. The van der Waals surface area contributed by atoms with Gasteiger partial charge in [-0.15, -0.1) is 0 Å². The summed E-state index contributed by atoms with van der Waals surface area (Å²) < 4.78 is 1.84. The van der Waals surface area contributed by atoms with Gasteiger partial charge in [-0.25, -0.2) is 0 Å². The van der Waals surface area contributed by atoms with Crippen molar-refractivity contribution in [3.63, 3.8) is 0 Å². The van der Waals surface area contributed by atoms with Crippen molar-refractivity contribution in [3.8, 4) is 11.1 Å². The summed E-state index contributed by atoms with van der Waals surface area (Å²) in [6.45, 7) is 4.51. The zero-order valence-corrected chi connectivity index (χ0v) is 11.6. The third-order valence-corrected chi connectivity index (χ3v) is 3.90. The van der Waals surface area contributed by atoms with E-state index in [2.05, 4.69) is 54.5 Å². The van der Waals surface area contributed by atoms with E-state index >= 15 is 0 Å². The topological polar surface area (TPSA) is 33.6 Å². The molecule has 0 saturated carbocycles. The molecular formula is C16H21N3. The van der Waals surface area contributed by atoms with Crippen molar-refractivity contribution in [2.75, 3.05) is 0 Å². The van der Waals surface area contributed by atoms with Gasteiger partial charge in [0.1, 0.15) is 0 Å². The summed E-state index contributed by atoms with van der Waals surface area (Å²) in [7, 11) is 1.95. The number of H-pyrrole nitrogens is 1. The van der Waals surface area contributed by atoms with Gasteiger partial charge in [-0.05, 0) is 35.6 Å². The number of aromatic nitrogens is 3. The first kappa shape index (κ1) is 12.0. The molecule has 100 valence electrons. The number of fused-ring (bicyclic) bond motifs is 1. The van der Waals surface area contributed by atoms with E-state index in [0.29, 0.717) is 5.92 Å². The van der Waals surface area contributed by atoms with Gasteiger partial charge in [-0.2, -0.15) is 5.10 Å². The van der Waals surface area contributed by atoms with E-state index in [1.165, 1.54) is 27.6 Å². The van der Waals surface area contributed by atoms with Gasteiger partial charge in [0.25, 0.3) is 0 Å². The number of aryl methyl sites for hydroxylation is 1. The molecule has 1 N–H and O–H groups in total. The average Bonchev–Trinajstić information content (AvgIpc) is 3.03. The normalized spacial score (nSPS) is 13.0. The summed E-state index contributed by atoms with van der Waals surface area (Å²) in [5, 5.41) is 5.57. The van der Waals surface area contributed by atoms with E-state index in [1.54, 1.807) is 0 Å². The number of aromatic amines is 1. The van der Waals surface area contributed by atoms with Crippen LogP contribution in [0.1, 0.15) is 33.2 Å². The molecule has 0 radical (unpaired) electrons. The van der Waals surface area contributed by atoms with Crippen LogP contribution in [0.2, 0.25) is 0 Å². The quantitative estimate of drug-likeness (QED) is 0.742. The lowest BCUT2D eigenvalue weighted by Crippen LogP contribution is -1.89. The number of nitrogens with one attached hydrogen (secondary N) is 1. The molecular weight excluding hydrogens is 234 g/mol. The molecule has 0 bridgehead atoms. The predicted molar refractivity (Wildman–Crippen MR) is 81.3 cm³/mol. The summed E-state index contributed by atoms with van der Waals surface area (Å²) in [6, 6.07) is 6.57. The van der Waals surface area contributed by atoms with Crippen LogP contribution in [-0.2, 0) is 7.05 Å². The highest BCUT2D eigenvalue weighted by Crippen LogP contribution is 2.30. The Morgan fingerprint density at radius 1 is 1.37 bits per heavy atom. The zero-order valence-electron chi connectivity index (χ0n) is 11.6. The predicted octanol–water partition coefficient (Wildman–Crippen LogP) is 4.33. The molecule has 3 nitrogen and oxygen atoms in total. The van der Waals surface area contributed by atoms with Gasteiger partial charge in [-0.1, -0.05) is 19.9 Å². The molecule has 0 spiro atoms. The van der Waals surface area contributed by atoms with E-state index in [-0.39, 0.29) is 1.43 Å². The Bertz CT molecular complexity index is 711. The van der Waals surface area contributed by atoms with Crippen LogP contribution in [0, 0.1) is 0 Å². The molecule has 1 unspecified atom stereocenters. The lowest BCUT2D eigenvalue weighted by Gasteiger charge is -2.07. The molecule has 0 fully saturated rings. The molecule has 1 atom stereocenters. The fourth-order valence-corrected chi connectivity index (χ4v) is 2.52. The van der Waals surface area contributed by atoms with Crippen LogP contribution in [-0.4, -0.2) is 14.8 Å². The first-order valence-electron chi connectivity index (χ1n) is 6.79. The van der Waals surface area contributed by atoms with Crippen LogP contribution in [0.4, 0.5) is 0 Å². The summed E-state index contributed by atoms with van der Waals surface area (Å²) in [5.41, 5.74) is 5.01. The second-order valence-electron chi connectivity index (χ2n) is 5.22. The van der Waals surface area contributed by atoms with Gasteiger partial charge < -0.3 is 4.98 Å². The fourth-order valence-electron chi connectivity index (χ4n) is 2.52. The van der Waals surface area contributed by atoms with E-state index < -0.39 is 0 Å². The molecule has 19 heavy (non-hydrogen) atoms. The van der Waals surface area contributed by atoms with Gasteiger partial charge in [0, 0.05) is 37.3 Å². The Morgan fingerprint density at radius 3 is 2.89 bits per heavy atom. The summed E-state index contributed by atoms with van der Waals surface area (Å²) in [6.07, 6.45) is 7.27. The van der Waals surface area contributed by atoms with Crippen LogP contribution < -0.4 is 0 Å². The highest BCUT2D eigenvalue weighted by Gasteiger charge is 2.11. The van der Waals surface area contributed by atoms with E-state index in [0.717, 1.165) is 6.42 Å². The highest BCUT2D eigenvalue weighted by molar-refractivity contribution is 5.88. The summed E-state index contributed by atoms with van der Waals surface area (Å²) in [5.74, 6) is 0.581. The molecule has 3 aromatic rings. The molecule has 2 aromatic heterocycles. The molecule has 2 heterocycles. The number of nitrogens with zero attached hydrogens (tertiary/aromatic N) is 2. The van der Waals surface area contributed by atoms with Crippen molar-refractivity contribution in [3.05, 3.63) is 42.4 Å². The summed E-state index contributed by atoms with van der Waals surface area (Å²) >= 11 is 0. The molecule has 1 aromatic carbocycles. The monoisotopic (exact) mass is 255 g/mol. The van der Waals surface area contributed by atoms with Crippen LogP contribution in [0.15, 0.2) is 36.8 Å². The third-order valence-electron chi connectivity index (χ3n) is 3.90. The molecule has 0 amide bonds. The first-order chi connectivity index (χ1) is 9.19. The van der Waals surface area contributed by atoms with Crippen LogP contribution in [0.3, 0.4) is 0 Å². The smallest absolute Gasteiger partial charge is 0.0568 e. The van der Waals surface area contributed by atoms with Gasteiger partial charge >= 0.3 is 0 Å². The average molecular weight is 255 g/mol. The van der Waals surface area contributed by atoms with E-state index in [1.807, 2.05) is 17.9 Å². The maximum absolute atomic E-state index is 4.24.